The van der Waals surface area contributed by atoms with Gasteiger partial charge in [-0.2, -0.15) is 0 Å². The Morgan fingerprint density at radius 3 is 2.34 bits per heavy atom. The highest BCUT2D eigenvalue weighted by Gasteiger charge is 2.37. The summed E-state index contributed by atoms with van der Waals surface area (Å²) in [6, 6.07) is 21.3. The third kappa shape index (κ3) is 1.62. The van der Waals surface area contributed by atoms with E-state index in [1.54, 1.807) is 6.07 Å². The summed E-state index contributed by atoms with van der Waals surface area (Å²) in [5, 5.41) is 4.25. The Hall–Kier alpha value is -4.12. The van der Waals surface area contributed by atoms with Crippen LogP contribution in [-0.4, -0.2) is 20.5 Å². The fourth-order valence-electron chi connectivity index (χ4n) is 4.79. The van der Waals surface area contributed by atoms with Gasteiger partial charge in [0, 0.05) is 22.8 Å². The molecule has 2 aliphatic heterocycles. The van der Waals surface area contributed by atoms with Gasteiger partial charge in [-0.25, -0.2) is 0 Å². The molecular weight excluding hydrogens is 362 g/mol. The van der Waals surface area contributed by atoms with Gasteiger partial charge >= 0.3 is 0 Å². The summed E-state index contributed by atoms with van der Waals surface area (Å²) >= 11 is 0. The van der Waals surface area contributed by atoms with E-state index in [0.717, 1.165) is 33.1 Å². The van der Waals surface area contributed by atoms with Crippen LogP contribution >= 0.6 is 0 Å². The van der Waals surface area contributed by atoms with E-state index in [1.165, 1.54) is 0 Å². The minimum atomic E-state index is -0.146. The molecule has 29 heavy (non-hydrogen) atoms. The van der Waals surface area contributed by atoms with Crippen molar-refractivity contribution in [3.8, 4) is 0 Å². The molecule has 4 heterocycles. The largest absolute Gasteiger partial charge is 0.350 e. The molecule has 0 fully saturated rings. The first-order valence-corrected chi connectivity index (χ1v) is 9.47. The first kappa shape index (κ1) is 14.9. The average Bonchev–Trinajstić information content (AvgIpc) is 3.37. The second kappa shape index (κ2) is 4.83. The quantitative estimate of drug-likeness (QED) is 0.399. The number of nitrogens with zero attached hydrogens (tertiary/aromatic N) is 2. The van der Waals surface area contributed by atoms with Crippen molar-refractivity contribution in [2.75, 3.05) is 5.32 Å². The molecule has 2 aromatic heterocycles. The van der Waals surface area contributed by atoms with Crippen molar-refractivity contribution >= 4 is 50.4 Å². The number of rotatable bonds is 0. The number of para-hydroxylation sites is 2. The first-order valence-electron chi connectivity index (χ1n) is 9.47. The van der Waals surface area contributed by atoms with E-state index < -0.39 is 0 Å². The molecule has 0 aliphatic carbocycles. The van der Waals surface area contributed by atoms with Gasteiger partial charge in [-0.15, -0.1) is 0 Å². The number of aromatic nitrogens is 2. The SMILES string of the molecule is O=C1/C(=C2\C(=O)c3c4cccc3n3cc(c5ccccc53)n42)Nc2ccccc21. The maximum Gasteiger partial charge on any atom is 0.216 e. The lowest BCUT2D eigenvalue weighted by atomic mass is 10.1. The summed E-state index contributed by atoms with van der Waals surface area (Å²) in [4.78, 5) is 26.8. The number of Topliss-reactive ketones (excluding diaryl/α,β-unsaturated/α-hetero) is 2. The van der Waals surface area contributed by atoms with Gasteiger partial charge < -0.3 is 14.3 Å². The molecule has 0 unspecified atom stereocenters. The van der Waals surface area contributed by atoms with Crippen molar-refractivity contribution < 1.29 is 9.59 Å². The van der Waals surface area contributed by atoms with E-state index in [2.05, 4.69) is 28.0 Å². The first-order chi connectivity index (χ1) is 14.2. The van der Waals surface area contributed by atoms with Crippen LogP contribution in [0.5, 0.6) is 0 Å². The lowest BCUT2D eigenvalue weighted by Gasteiger charge is -2.09. The second-order valence-electron chi connectivity index (χ2n) is 7.46. The number of nitrogens with one attached hydrogen (secondary N) is 1. The fourth-order valence-corrected chi connectivity index (χ4v) is 4.79. The molecule has 2 aliphatic rings. The monoisotopic (exact) mass is 375 g/mol. The molecule has 0 spiro atoms. The summed E-state index contributed by atoms with van der Waals surface area (Å²) in [6.45, 7) is 0. The highest BCUT2D eigenvalue weighted by atomic mass is 16.1. The highest BCUT2D eigenvalue weighted by Crippen LogP contribution is 2.41. The van der Waals surface area contributed by atoms with Gasteiger partial charge in [0.15, 0.2) is 0 Å². The van der Waals surface area contributed by atoms with Crippen molar-refractivity contribution in [2.24, 2.45) is 0 Å². The van der Waals surface area contributed by atoms with Crippen molar-refractivity contribution in [2.45, 2.75) is 0 Å². The van der Waals surface area contributed by atoms with E-state index in [1.807, 2.05) is 53.1 Å². The molecular formula is C24H13N3O2. The molecule has 5 nitrogen and oxygen atoms in total. The predicted octanol–water partition coefficient (Wildman–Crippen LogP) is 4.72. The van der Waals surface area contributed by atoms with Crippen LogP contribution in [0.3, 0.4) is 0 Å². The number of fused-ring (bicyclic) bond motifs is 3. The maximum atomic E-state index is 13.6. The lowest BCUT2D eigenvalue weighted by molar-refractivity contribution is 0.102. The van der Waals surface area contributed by atoms with Crippen LogP contribution in [0, 0.1) is 0 Å². The van der Waals surface area contributed by atoms with E-state index in [4.69, 9.17) is 0 Å². The average molecular weight is 375 g/mol. The minimum Gasteiger partial charge on any atom is -0.350 e. The number of benzene rings is 3. The summed E-state index contributed by atoms with van der Waals surface area (Å²) < 4.78 is 4.01. The van der Waals surface area contributed by atoms with Crippen LogP contribution in [0.1, 0.15) is 20.7 Å². The molecule has 5 heteroatoms. The summed E-state index contributed by atoms with van der Waals surface area (Å²) in [5.74, 6) is -0.268. The smallest absolute Gasteiger partial charge is 0.216 e. The molecule has 5 aromatic rings. The third-order valence-electron chi connectivity index (χ3n) is 6.01. The second-order valence-corrected chi connectivity index (χ2v) is 7.46. The number of ketones is 2. The van der Waals surface area contributed by atoms with Crippen LogP contribution in [0.2, 0.25) is 0 Å². The number of anilines is 1. The number of allylic oxidation sites excluding steroid dienone is 2. The highest BCUT2D eigenvalue weighted by molar-refractivity contribution is 6.40. The Morgan fingerprint density at radius 2 is 1.45 bits per heavy atom. The standard InChI is InChI=1S/C24H13N3O2/c28-23-13-6-1-3-8-15(13)25-21(23)22-24(29)20-17-10-5-11-18(20)27(22)19-12-26(17)16-9-4-2-7-14(16)19/h1-12,25H/b22-21-. The van der Waals surface area contributed by atoms with Gasteiger partial charge in [-0.05, 0) is 30.3 Å². The van der Waals surface area contributed by atoms with Crippen molar-refractivity contribution in [1.29, 1.82) is 0 Å². The van der Waals surface area contributed by atoms with Gasteiger partial charge in [0.25, 0.3) is 0 Å². The number of carbonyl (C=O) groups is 2. The molecule has 7 rings (SSSR count). The molecule has 6 bridgehead atoms. The Morgan fingerprint density at radius 1 is 0.690 bits per heavy atom. The molecule has 0 radical (unpaired) electrons. The van der Waals surface area contributed by atoms with E-state index in [9.17, 15) is 9.59 Å². The van der Waals surface area contributed by atoms with Gasteiger partial charge in [0.1, 0.15) is 11.4 Å². The van der Waals surface area contributed by atoms with Gasteiger partial charge in [0.2, 0.25) is 11.6 Å². The van der Waals surface area contributed by atoms with E-state index in [0.29, 0.717) is 22.5 Å². The molecule has 1 N–H and O–H groups in total. The normalized spacial score (nSPS) is 17.7. The zero-order valence-electron chi connectivity index (χ0n) is 15.1. The zero-order chi connectivity index (χ0) is 19.3. The lowest BCUT2D eigenvalue weighted by Crippen LogP contribution is -2.12. The predicted molar refractivity (Wildman–Crippen MR) is 112 cm³/mol. The summed E-state index contributed by atoms with van der Waals surface area (Å²) in [5.41, 5.74) is 6.33. The van der Waals surface area contributed by atoms with Gasteiger partial charge in [-0.1, -0.05) is 36.4 Å². The summed E-state index contributed by atoms with van der Waals surface area (Å²) in [6.07, 6.45) is 2.05. The Labute approximate surface area is 164 Å². The van der Waals surface area contributed by atoms with Crippen molar-refractivity contribution in [3.05, 3.63) is 89.8 Å². The van der Waals surface area contributed by atoms with Gasteiger partial charge in [-0.3, -0.25) is 9.59 Å². The van der Waals surface area contributed by atoms with Crippen LogP contribution in [0.15, 0.2) is 78.6 Å². The van der Waals surface area contributed by atoms with Crippen LogP contribution < -0.4 is 5.32 Å². The maximum absolute atomic E-state index is 13.6. The van der Waals surface area contributed by atoms with E-state index in [-0.39, 0.29) is 11.6 Å². The Kier molecular flexibility index (Phi) is 2.48. The third-order valence-corrected chi connectivity index (χ3v) is 6.01. The van der Waals surface area contributed by atoms with Crippen molar-refractivity contribution in [1.82, 2.24) is 8.97 Å². The van der Waals surface area contributed by atoms with Crippen LogP contribution in [0.25, 0.3) is 33.2 Å². The fraction of sp³-hybridized carbons (Fsp3) is 0. The Balaban J connectivity index is 1.69. The molecule has 136 valence electrons. The Bertz CT molecular complexity index is 1610. The summed E-state index contributed by atoms with van der Waals surface area (Å²) in [7, 11) is 0. The van der Waals surface area contributed by atoms with E-state index >= 15 is 0 Å². The molecule has 0 atom stereocenters. The molecule has 0 saturated heterocycles. The topological polar surface area (TPSA) is 55.5 Å². The van der Waals surface area contributed by atoms with Crippen molar-refractivity contribution in [3.63, 3.8) is 0 Å². The van der Waals surface area contributed by atoms with Gasteiger partial charge in [0.05, 0.1) is 27.6 Å². The minimum absolute atomic E-state index is 0.123. The molecule has 3 aromatic carbocycles. The van der Waals surface area contributed by atoms with Crippen LogP contribution in [-0.2, 0) is 0 Å². The number of hydrogen-bond donors (Lipinski definition) is 1. The molecule has 0 saturated carbocycles. The molecule has 0 amide bonds. The number of carbonyl (C=O) groups excluding carboxylic acids is 2. The van der Waals surface area contributed by atoms with Crippen LogP contribution in [0.4, 0.5) is 5.69 Å². The number of hydrogen-bond acceptors (Lipinski definition) is 3. The zero-order valence-corrected chi connectivity index (χ0v) is 15.1.